The first-order valence-electron chi connectivity index (χ1n) is 4.41. The predicted molar refractivity (Wildman–Crippen MR) is 71.7 cm³/mol. The summed E-state index contributed by atoms with van der Waals surface area (Å²) in [6.45, 7) is 6.74. The smallest absolute Gasteiger partial charge is 0.0600 e. The zero-order valence-corrected chi connectivity index (χ0v) is 10.7. The fourth-order valence-electron chi connectivity index (χ4n) is 1.36. The van der Waals surface area contributed by atoms with E-state index in [-0.39, 0.29) is 0 Å². The number of nitrogens with two attached hydrogens (primary N) is 1. The van der Waals surface area contributed by atoms with E-state index in [2.05, 4.69) is 40.1 Å². The maximum Gasteiger partial charge on any atom is 0.0600 e. The van der Waals surface area contributed by atoms with Gasteiger partial charge >= 0.3 is 0 Å². The quantitative estimate of drug-likeness (QED) is 0.528. The lowest BCUT2D eigenvalue weighted by Gasteiger charge is -2.21. The molecule has 0 saturated heterocycles. The van der Waals surface area contributed by atoms with Gasteiger partial charge in [0.25, 0.3) is 0 Å². The van der Waals surface area contributed by atoms with Gasteiger partial charge in [-0.1, -0.05) is 12.2 Å². The van der Waals surface area contributed by atoms with E-state index in [4.69, 9.17) is 5.73 Å². The first-order valence-corrected chi connectivity index (χ1v) is 5.49. The van der Waals surface area contributed by atoms with Gasteiger partial charge in [-0.2, -0.15) is 0 Å². The highest BCUT2D eigenvalue weighted by Crippen LogP contribution is 2.24. The van der Waals surface area contributed by atoms with Crippen LogP contribution in [0.5, 0.6) is 0 Å². The van der Waals surface area contributed by atoms with Gasteiger partial charge in [0.2, 0.25) is 0 Å². The standard InChI is InChI=1S/C11H15IN2/c1-8(2)7-14(3)11-5-4-9(12)6-10(11)13/h4-6H,1,7,13H2,2-3H3. The fraction of sp³-hybridized carbons (Fsp3) is 0.273. The Morgan fingerprint density at radius 3 is 2.71 bits per heavy atom. The van der Waals surface area contributed by atoms with Crippen LogP contribution in [0.15, 0.2) is 30.4 Å². The van der Waals surface area contributed by atoms with E-state index in [0.717, 1.165) is 27.1 Å². The molecular formula is C11H15IN2. The number of likely N-dealkylation sites (N-methyl/N-ethyl adjacent to an activating group) is 1. The fourth-order valence-corrected chi connectivity index (χ4v) is 1.88. The molecule has 0 atom stereocenters. The second-order valence-electron chi connectivity index (χ2n) is 3.52. The third kappa shape index (κ3) is 2.90. The number of hydrogen-bond donors (Lipinski definition) is 1. The van der Waals surface area contributed by atoms with Crippen LogP contribution in [-0.2, 0) is 0 Å². The van der Waals surface area contributed by atoms with Crippen molar-refractivity contribution in [3.05, 3.63) is 33.9 Å². The number of benzene rings is 1. The van der Waals surface area contributed by atoms with Gasteiger partial charge in [0.15, 0.2) is 0 Å². The van der Waals surface area contributed by atoms with Crippen molar-refractivity contribution in [1.29, 1.82) is 0 Å². The van der Waals surface area contributed by atoms with E-state index < -0.39 is 0 Å². The van der Waals surface area contributed by atoms with E-state index in [1.807, 2.05) is 26.1 Å². The van der Waals surface area contributed by atoms with Gasteiger partial charge < -0.3 is 10.6 Å². The highest BCUT2D eigenvalue weighted by Gasteiger charge is 2.04. The average molecular weight is 302 g/mol. The van der Waals surface area contributed by atoms with Crippen LogP contribution in [0.4, 0.5) is 11.4 Å². The Kier molecular flexibility index (Phi) is 3.80. The van der Waals surface area contributed by atoms with Crippen LogP contribution in [-0.4, -0.2) is 13.6 Å². The monoisotopic (exact) mass is 302 g/mol. The molecule has 1 aromatic carbocycles. The van der Waals surface area contributed by atoms with Crippen LogP contribution in [0.25, 0.3) is 0 Å². The molecule has 2 N–H and O–H groups in total. The molecule has 76 valence electrons. The van der Waals surface area contributed by atoms with Crippen LogP contribution >= 0.6 is 22.6 Å². The van der Waals surface area contributed by atoms with Crippen molar-refractivity contribution in [3.63, 3.8) is 0 Å². The van der Waals surface area contributed by atoms with E-state index >= 15 is 0 Å². The molecule has 0 spiro atoms. The van der Waals surface area contributed by atoms with Gasteiger partial charge in [-0.15, -0.1) is 0 Å². The summed E-state index contributed by atoms with van der Waals surface area (Å²) in [5.41, 5.74) is 8.94. The Morgan fingerprint density at radius 1 is 1.57 bits per heavy atom. The third-order valence-corrected chi connectivity index (χ3v) is 2.58. The lowest BCUT2D eigenvalue weighted by molar-refractivity contribution is 0.987. The molecule has 14 heavy (non-hydrogen) atoms. The zero-order chi connectivity index (χ0) is 10.7. The van der Waals surface area contributed by atoms with Crippen molar-refractivity contribution >= 4 is 34.0 Å². The second-order valence-corrected chi connectivity index (χ2v) is 4.76. The Morgan fingerprint density at radius 2 is 2.21 bits per heavy atom. The Balaban J connectivity index is 2.90. The number of rotatable bonds is 3. The van der Waals surface area contributed by atoms with E-state index in [1.165, 1.54) is 0 Å². The summed E-state index contributed by atoms with van der Waals surface area (Å²) < 4.78 is 1.16. The predicted octanol–water partition coefficient (Wildman–Crippen LogP) is 2.89. The summed E-state index contributed by atoms with van der Waals surface area (Å²) in [6, 6.07) is 6.08. The Bertz CT molecular complexity index is 347. The normalized spacial score (nSPS) is 9.93. The third-order valence-electron chi connectivity index (χ3n) is 1.91. The van der Waals surface area contributed by atoms with Crippen LogP contribution in [0.3, 0.4) is 0 Å². The maximum absolute atomic E-state index is 5.92. The summed E-state index contributed by atoms with van der Waals surface area (Å²) >= 11 is 2.25. The number of halogens is 1. The molecule has 0 amide bonds. The van der Waals surface area contributed by atoms with Crippen molar-refractivity contribution in [1.82, 2.24) is 0 Å². The number of anilines is 2. The molecule has 0 unspecified atom stereocenters. The number of nitrogens with zero attached hydrogens (tertiary/aromatic N) is 1. The molecule has 0 heterocycles. The van der Waals surface area contributed by atoms with Gasteiger partial charge in [0.1, 0.15) is 0 Å². The molecule has 2 nitrogen and oxygen atoms in total. The molecule has 3 heteroatoms. The molecule has 0 aliphatic heterocycles. The van der Waals surface area contributed by atoms with Crippen molar-refractivity contribution in [2.24, 2.45) is 0 Å². The van der Waals surface area contributed by atoms with Crippen molar-refractivity contribution in [3.8, 4) is 0 Å². The largest absolute Gasteiger partial charge is 0.397 e. The maximum atomic E-state index is 5.92. The van der Waals surface area contributed by atoms with E-state index in [1.54, 1.807) is 0 Å². The summed E-state index contributed by atoms with van der Waals surface area (Å²) in [4.78, 5) is 2.10. The Labute approximate surface area is 98.9 Å². The molecule has 0 fully saturated rings. The zero-order valence-electron chi connectivity index (χ0n) is 8.55. The van der Waals surface area contributed by atoms with Crippen LogP contribution in [0.1, 0.15) is 6.92 Å². The molecule has 0 aliphatic rings. The first-order chi connectivity index (χ1) is 6.50. The molecule has 1 rings (SSSR count). The summed E-state index contributed by atoms with van der Waals surface area (Å²) in [6.07, 6.45) is 0. The van der Waals surface area contributed by atoms with Gasteiger partial charge in [0, 0.05) is 17.2 Å². The minimum Gasteiger partial charge on any atom is -0.397 e. The summed E-state index contributed by atoms with van der Waals surface area (Å²) in [7, 11) is 2.02. The van der Waals surface area contributed by atoms with Crippen molar-refractivity contribution in [2.45, 2.75) is 6.92 Å². The number of nitrogen functional groups attached to an aromatic ring is 1. The molecule has 0 aliphatic carbocycles. The summed E-state index contributed by atoms with van der Waals surface area (Å²) in [5.74, 6) is 0. The summed E-state index contributed by atoms with van der Waals surface area (Å²) in [5, 5.41) is 0. The highest BCUT2D eigenvalue weighted by atomic mass is 127. The average Bonchev–Trinajstić information content (AvgIpc) is 2.01. The highest BCUT2D eigenvalue weighted by molar-refractivity contribution is 14.1. The lowest BCUT2D eigenvalue weighted by Crippen LogP contribution is -2.20. The Hall–Kier alpha value is -0.710. The minimum absolute atomic E-state index is 0.820. The SMILES string of the molecule is C=C(C)CN(C)c1ccc(I)cc1N. The van der Waals surface area contributed by atoms with E-state index in [9.17, 15) is 0 Å². The second kappa shape index (κ2) is 4.68. The molecular weight excluding hydrogens is 287 g/mol. The van der Waals surface area contributed by atoms with Crippen molar-refractivity contribution < 1.29 is 0 Å². The first kappa shape index (κ1) is 11.4. The van der Waals surface area contributed by atoms with Crippen LogP contribution in [0.2, 0.25) is 0 Å². The minimum atomic E-state index is 0.820. The topological polar surface area (TPSA) is 29.3 Å². The van der Waals surface area contributed by atoms with Crippen molar-refractivity contribution in [2.75, 3.05) is 24.2 Å². The van der Waals surface area contributed by atoms with Gasteiger partial charge in [-0.05, 0) is 47.7 Å². The molecule has 0 radical (unpaired) electrons. The molecule has 1 aromatic rings. The lowest BCUT2D eigenvalue weighted by atomic mass is 10.2. The number of hydrogen-bond acceptors (Lipinski definition) is 2. The molecule has 0 aromatic heterocycles. The van der Waals surface area contributed by atoms with Crippen LogP contribution < -0.4 is 10.6 Å². The van der Waals surface area contributed by atoms with Crippen LogP contribution in [0, 0.1) is 3.57 Å². The van der Waals surface area contributed by atoms with Gasteiger partial charge in [0.05, 0.1) is 11.4 Å². The molecule has 0 saturated carbocycles. The molecule has 0 bridgehead atoms. The van der Waals surface area contributed by atoms with Gasteiger partial charge in [-0.3, -0.25) is 0 Å². The van der Waals surface area contributed by atoms with E-state index in [0.29, 0.717) is 0 Å². The van der Waals surface area contributed by atoms with Gasteiger partial charge in [-0.25, -0.2) is 0 Å².